The van der Waals surface area contributed by atoms with Crippen LogP contribution in [0.5, 0.6) is 0 Å². The van der Waals surface area contributed by atoms with Crippen molar-refractivity contribution >= 4 is 44.4 Å². The van der Waals surface area contributed by atoms with Gasteiger partial charge in [0.1, 0.15) is 0 Å². The van der Waals surface area contributed by atoms with Gasteiger partial charge < -0.3 is 0 Å². The molecule has 208 valence electrons. The standard InChI is InChI=1S/C40H36Se2/c1-30-22-24-33(25-23-30)39-27-26-34(28-41-35-18-10-4-11-19-35)40(39,29-39)38(42-36-20-12-5-13-21-36)37(31-14-6-2-7-15-31)32-16-8-3-9-17-32/h2-25,34H,26-29H2,1H3/t34-,39+,40+/m1/s1. The molecule has 0 aliphatic heterocycles. The first-order chi connectivity index (χ1) is 20.7. The molecule has 0 nitrogen and oxygen atoms in total. The Hall–Kier alpha value is -3.12. The molecule has 0 heterocycles. The number of hydrogen-bond donors (Lipinski definition) is 0. The third-order valence-corrected chi connectivity index (χ3v) is 14.6. The summed E-state index contributed by atoms with van der Waals surface area (Å²) in [7, 11) is 0. The molecular formula is C40H36Se2. The van der Waals surface area contributed by atoms with Crippen LogP contribution in [0.3, 0.4) is 0 Å². The normalized spacial score (nSPS) is 22.4. The van der Waals surface area contributed by atoms with Crippen molar-refractivity contribution in [1.29, 1.82) is 0 Å². The van der Waals surface area contributed by atoms with Gasteiger partial charge in [-0.3, -0.25) is 0 Å². The van der Waals surface area contributed by atoms with Gasteiger partial charge in [0.25, 0.3) is 0 Å². The van der Waals surface area contributed by atoms with Gasteiger partial charge >= 0.3 is 265 Å². The van der Waals surface area contributed by atoms with Crippen LogP contribution in [0.1, 0.15) is 41.5 Å². The van der Waals surface area contributed by atoms with Gasteiger partial charge in [-0.1, -0.05) is 0 Å². The Morgan fingerprint density at radius 2 is 1.17 bits per heavy atom. The predicted octanol–water partition coefficient (Wildman–Crippen LogP) is 7.97. The Bertz CT molecular complexity index is 1620. The van der Waals surface area contributed by atoms with Crippen molar-refractivity contribution in [3.8, 4) is 0 Å². The molecule has 0 N–H and O–H groups in total. The zero-order valence-corrected chi connectivity index (χ0v) is 27.5. The van der Waals surface area contributed by atoms with Crippen LogP contribution in [0, 0.1) is 18.3 Å². The second-order valence-electron chi connectivity index (χ2n) is 11.8. The minimum atomic E-state index is 0.176. The van der Waals surface area contributed by atoms with E-state index in [1.165, 1.54) is 55.8 Å². The predicted molar refractivity (Wildman–Crippen MR) is 180 cm³/mol. The molecule has 5 aromatic carbocycles. The average molecular weight is 675 g/mol. The quantitative estimate of drug-likeness (QED) is 0.139. The number of aryl methyl sites for hydroxylation is 1. The van der Waals surface area contributed by atoms with Crippen molar-refractivity contribution in [2.24, 2.45) is 11.3 Å². The van der Waals surface area contributed by atoms with E-state index >= 15 is 0 Å². The third kappa shape index (κ3) is 5.06. The van der Waals surface area contributed by atoms with Crippen LogP contribution in [0.2, 0.25) is 5.32 Å². The molecule has 0 radical (unpaired) electrons. The topological polar surface area (TPSA) is 0 Å². The Kier molecular flexibility index (Phi) is 7.83. The molecule has 42 heavy (non-hydrogen) atoms. The molecule has 7 rings (SSSR count). The fourth-order valence-electron chi connectivity index (χ4n) is 7.35. The van der Waals surface area contributed by atoms with Gasteiger partial charge in [-0.25, -0.2) is 0 Å². The molecule has 0 saturated heterocycles. The monoisotopic (exact) mass is 676 g/mol. The summed E-state index contributed by atoms with van der Waals surface area (Å²) >= 11 is 0.673. The van der Waals surface area contributed by atoms with Gasteiger partial charge in [0.2, 0.25) is 0 Å². The molecule has 0 unspecified atom stereocenters. The SMILES string of the molecule is Cc1ccc([C@@]23CC[C@H](C[Se]c4ccccc4)[C@]2(C([Se]c2ccccc2)=C(c2ccccc2)c2ccccc2)C3)cc1. The molecule has 2 heteroatoms. The number of hydrogen-bond acceptors (Lipinski definition) is 0. The maximum absolute atomic E-state index is 2.46. The summed E-state index contributed by atoms with van der Waals surface area (Å²) in [5, 5.41) is 1.30. The van der Waals surface area contributed by atoms with Gasteiger partial charge in [-0.2, -0.15) is 0 Å². The Labute approximate surface area is 263 Å². The zero-order chi connectivity index (χ0) is 28.4. The van der Waals surface area contributed by atoms with Crippen molar-refractivity contribution in [2.45, 2.75) is 36.9 Å². The van der Waals surface area contributed by atoms with Crippen LogP contribution in [-0.4, -0.2) is 29.9 Å². The van der Waals surface area contributed by atoms with Crippen molar-refractivity contribution in [3.05, 3.63) is 172 Å². The molecule has 5 aromatic rings. The average Bonchev–Trinajstić information content (AvgIpc) is 3.63. The molecule has 2 saturated carbocycles. The molecule has 2 aliphatic carbocycles. The summed E-state index contributed by atoms with van der Waals surface area (Å²) in [4.78, 5) is 0. The number of benzene rings is 5. The Balaban J connectivity index is 1.45. The van der Waals surface area contributed by atoms with E-state index in [2.05, 4.69) is 153 Å². The van der Waals surface area contributed by atoms with E-state index in [0.717, 1.165) is 0 Å². The van der Waals surface area contributed by atoms with Crippen LogP contribution < -0.4 is 8.92 Å². The molecule has 0 aromatic heterocycles. The second kappa shape index (κ2) is 11.9. The van der Waals surface area contributed by atoms with Gasteiger partial charge in [0, 0.05) is 0 Å². The number of rotatable bonds is 9. The van der Waals surface area contributed by atoms with E-state index in [4.69, 9.17) is 0 Å². The van der Waals surface area contributed by atoms with E-state index in [1.54, 1.807) is 10.0 Å². The third-order valence-electron chi connectivity index (χ3n) is 9.44. The molecule has 3 atom stereocenters. The molecule has 0 amide bonds. The summed E-state index contributed by atoms with van der Waals surface area (Å²) in [6, 6.07) is 54.7. The van der Waals surface area contributed by atoms with Crippen molar-refractivity contribution in [1.82, 2.24) is 0 Å². The van der Waals surface area contributed by atoms with Crippen LogP contribution in [0.15, 0.2) is 150 Å². The molecule has 2 aliphatic rings. The van der Waals surface area contributed by atoms with Crippen LogP contribution in [-0.2, 0) is 5.41 Å². The van der Waals surface area contributed by atoms with E-state index in [9.17, 15) is 0 Å². The first kappa shape index (κ1) is 27.7. The summed E-state index contributed by atoms with van der Waals surface area (Å²) in [6.45, 7) is 2.22. The molecule has 2 fully saturated rings. The Morgan fingerprint density at radius 3 is 1.74 bits per heavy atom. The van der Waals surface area contributed by atoms with Crippen molar-refractivity contribution in [2.75, 3.05) is 0 Å². The van der Waals surface area contributed by atoms with Gasteiger partial charge in [-0.15, -0.1) is 0 Å². The van der Waals surface area contributed by atoms with E-state index in [0.29, 0.717) is 20.9 Å². The fourth-order valence-corrected chi connectivity index (χ4v) is 13.0. The summed E-state index contributed by atoms with van der Waals surface area (Å²) in [5.74, 6) is 0.682. The van der Waals surface area contributed by atoms with Crippen LogP contribution >= 0.6 is 0 Å². The summed E-state index contributed by atoms with van der Waals surface area (Å²) in [6.07, 6.45) is 3.87. The van der Waals surface area contributed by atoms with Crippen molar-refractivity contribution < 1.29 is 0 Å². The van der Waals surface area contributed by atoms with Gasteiger partial charge in [0.05, 0.1) is 0 Å². The fraction of sp³-hybridized carbons (Fsp3) is 0.200. The number of allylic oxidation sites excluding steroid dienone is 1. The van der Waals surface area contributed by atoms with Crippen LogP contribution in [0.4, 0.5) is 0 Å². The molecular weight excluding hydrogens is 638 g/mol. The second-order valence-corrected chi connectivity index (χ2v) is 16.4. The minimum absolute atomic E-state index is 0.176. The Morgan fingerprint density at radius 1 is 0.643 bits per heavy atom. The number of fused-ring (bicyclic) bond motifs is 1. The van der Waals surface area contributed by atoms with Gasteiger partial charge in [0.15, 0.2) is 0 Å². The zero-order valence-electron chi connectivity index (χ0n) is 24.1. The van der Waals surface area contributed by atoms with E-state index < -0.39 is 0 Å². The first-order valence-electron chi connectivity index (χ1n) is 15.0. The molecule has 0 bridgehead atoms. The summed E-state index contributed by atoms with van der Waals surface area (Å²) < 4.78 is 4.72. The van der Waals surface area contributed by atoms with Crippen LogP contribution in [0.25, 0.3) is 5.57 Å². The van der Waals surface area contributed by atoms with E-state index in [1.807, 2.05) is 0 Å². The summed E-state index contributed by atoms with van der Waals surface area (Å²) in [5.41, 5.74) is 7.50. The maximum atomic E-state index is 2.46. The first-order valence-corrected chi connectivity index (χ1v) is 18.8. The van der Waals surface area contributed by atoms with E-state index in [-0.39, 0.29) is 25.8 Å². The van der Waals surface area contributed by atoms with Gasteiger partial charge in [-0.05, 0) is 0 Å². The molecule has 0 spiro atoms. The van der Waals surface area contributed by atoms with Crippen molar-refractivity contribution in [3.63, 3.8) is 0 Å².